The minimum absolute atomic E-state index is 0.0128. The van der Waals surface area contributed by atoms with Gasteiger partial charge in [0.15, 0.2) is 0 Å². The number of H-pyrrole nitrogens is 2. The van der Waals surface area contributed by atoms with Crippen LogP contribution in [0, 0.1) is 5.92 Å². The van der Waals surface area contributed by atoms with Crippen LogP contribution in [0.3, 0.4) is 0 Å². The van der Waals surface area contributed by atoms with Crippen molar-refractivity contribution < 1.29 is 33.4 Å². The smallest absolute Gasteiger partial charge is 0.407 e. The number of nitrogens with zero attached hydrogens (tertiary/aromatic N) is 4. The number of rotatable bonds is 13. The number of alkyl carbamates (subject to hydrolysis) is 2. The second kappa shape index (κ2) is 18.9. The number of amides is 4. The molecule has 2 aliphatic rings. The number of ether oxygens (including phenoxy) is 3. The molecule has 2 aliphatic heterocycles. The van der Waals surface area contributed by atoms with Crippen LogP contribution in [0.1, 0.15) is 67.9 Å². The second-order valence-corrected chi connectivity index (χ2v) is 16.4. The van der Waals surface area contributed by atoms with Crippen molar-refractivity contribution in [3.63, 3.8) is 0 Å². The Balaban J connectivity index is 0.933. The highest BCUT2D eigenvalue weighted by atomic mass is 16.5. The quantitative estimate of drug-likeness (QED) is 0.0831. The highest BCUT2D eigenvalue weighted by Crippen LogP contribution is 2.38. The normalized spacial score (nSPS) is 17.0. The lowest BCUT2D eigenvalue weighted by atomic mass is 9.98. The monoisotopic (exact) mass is 864 g/mol. The summed E-state index contributed by atoms with van der Waals surface area (Å²) in [5, 5.41) is 7.54. The first-order valence-corrected chi connectivity index (χ1v) is 21.3. The van der Waals surface area contributed by atoms with Crippen LogP contribution in [0.5, 0.6) is 5.75 Å². The van der Waals surface area contributed by atoms with Gasteiger partial charge in [0.2, 0.25) is 5.91 Å². The third-order valence-electron chi connectivity index (χ3n) is 12.1. The maximum Gasteiger partial charge on any atom is 0.407 e. The number of imidazole rings is 2. The van der Waals surface area contributed by atoms with Gasteiger partial charge >= 0.3 is 12.2 Å². The zero-order chi connectivity index (χ0) is 44.9. The molecule has 0 bridgehead atoms. The number of carbonyl (C=O) groups is 4. The molecule has 4 N–H and O–H groups in total. The fraction of sp³-hybridized carbons (Fsp3) is 0.306. The van der Waals surface area contributed by atoms with E-state index >= 15 is 0 Å². The number of methoxy groups -OCH3 is 3. The molecule has 330 valence electrons. The van der Waals surface area contributed by atoms with E-state index in [1.807, 2.05) is 24.1 Å². The molecule has 6 aromatic rings. The first kappa shape index (κ1) is 43.2. The Morgan fingerprint density at radius 2 is 1.41 bits per heavy atom. The maximum atomic E-state index is 14.1. The summed E-state index contributed by atoms with van der Waals surface area (Å²) in [6.07, 6.45) is 4.80. The molecule has 2 aromatic heterocycles. The number of fused-ring (bicyclic) bond motifs is 1. The van der Waals surface area contributed by atoms with Crippen LogP contribution >= 0.6 is 0 Å². The third kappa shape index (κ3) is 9.19. The predicted octanol–water partition coefficient (Wildman–Crippen LogP) is 8.27. The molecule has 0 saturated carbocycles. The number of hydrogen-bond acceptors (Lipinski definition) is 9. The average molecular weight is 865 g/mol. The fourth-order valence-electron chi connectivity index (χ4n) is 8.70. The number of aromatic amines is 2. The van der Waals surface area contributed by atoms with E-state index in [0.717, 1.165) is 62.8 Å². The molecule has 4 amide bonds. The highest BCUT2D eigenvalue weighted by Gasteiger charge is 2.38. The third-order valence-corrected chi connectivity index (χ3v) is 12.1. The van der Waals surface area contributed by atoms with Crippen LogP contribution < -0.4 is 15.4 Å². The Morgan fingerprint density at radius 1 is 0.781 bits per heavy atom. The van der Waals surface area contributed by atoms with Gasteiger partial charge < -0.3 is 44.6 Å². The summed E-state index contributed by atoms with van der Waals surface area (Å²) in [5.74, 6) is 1.53. The number of para-hydroxylation sites is 1. The lowest BCUT2D eigenvalue weighted by Gasteiger charge is -2.29. The van der Waals surface area contributed by atoms with Crippen molar-refractivity contribution in [2.24, 2.45) is 5.92 Å². The van der Waals surface area contributed by atoms with Crippen LogP contribution in [0.15, 0.2) is 109 Å². The molecule has 4 aromatic carbocycles. The fourth-order valence-corrected chi connectivity index (χ4v) is 8.70. The van der Waals surface area contributed by atoms with Crippen LogP contribution in [-0.4, -0.2) is 94.7 Å². The number of nitrogens with one attached hydrogen (secondary N) is 4. The van der Waals surface area contributed by atoms with Crippen molar-refractivity contribution in [1.29, 1.82) is 0 Å². The van der Waals surface area contributed by atoms with E-state index in [0.29, 0.717) is 49.0 Å². The van der Waals surface area contributed by atoms with Gasteiger partial charge in [-0.3, -0.25) is 9.59 Å². The van der Waals surface area contributed by atoms with Crippen LogP contribution in [-0.2, 0) is 19.1 Å². The Morgan fingerprint density at radius 3 is 2.11 bits per heavy atom. The van der Waals surface area contributed by atoms with Crippen molar-refractivity contribution in [2.75, 3.05) is 41.0 Å². The molecule has 4 heterocycles. The molecule has 15 heteroatoms. The molecule has 0 spiro atoms. The Hall–Kier alpha value is -7.42. The molecule has 64 heavy (non-hydrogen) atoms. The van der Waals surface area contributed by atoms with Gasteiger partial charge in [-0.1, -0.05) is 85.8 Å². The van der Waals surface area contributed by atoms with Crippen molar-refractivity contribution in [2.45, 2.75) is 50.7 Å². The molecular weight excluding hydrogens is 813 g/mol. The van der Waals surface area contributed by atoms with Crippen LogP contribution in [0.4, 0.5) is 9.59 Å². The van der Waals surface area contributed by atoms with E-state index in [4.69, 9.17) is 19.4 Å². The van der Waals surface area contributed by atoms with Crippen molar-refractivity contribution in [3.8, 4) is 39.4 Å². The Kier molecular flexibility index (Phi) is 12.8. The standard InChI is InChI=1S/C49H52N8O7/c1-29(25-52-48(60)63-4)22-43(58)57-28-30(2)21-41(57)46-51-27-39(54-46)36-19-18-34-23-33(16-17-35(34)24-36)31-12-14-32(15-13-31)38-26-50-45(53-38)40-10-8-20-56(40)47(59)44(55-49(61)64-5)37-9-6-7-11-42(37)62-3/h6-7,9,11-19,23-24,26-27,29,40-41,44H,2,8,10,20-22,25,28H2,1,3-5H3,(H,50,53)(H,51,54)(H,52,60)(H,55,61). The number of likely N-dealkylation sites (tertiary alicyclic amines) is 2. The highest BCUT2D eigenvalue weighted by molar-refractivity contribution is 5.91. The summed E-state index contributed by atoms with van der Waals surface area (Å²) in [5.41, 5.74) is 7.28. The van der Waals surface area contributed by atoms with Gasteiger partial charge in [0.1, 0.15) is 23.4 Å². The lowest BCUT2D eigenvalue weighted by molar-refractivity contribution is -0.135. The Bertz CT molecular complexity index is 2690. The van der Waals surface area contributed by atoms with Gasteiger partial charge in [-0.05, 0) is 70.8 Å². The van der Waals surface area contributed by atoms with Crippen molar-refractivity contribution in [1.82, 2.24) is 40.4 Å². The summed E-state index contributed by atoms with van der Waals surface area (Å²) in [4.78, 5) is 71.4. The average Bonchev–Trinajstić information content (AvgIpc) is 4.17. The molecule has 0 radical (unpaired) electrons. The van der Waals surface area contributed by atoms with E-state index in [1.165, 1.54) is 21.3 Å². The van der Waals surface area contributed by atoms with Gasteiger partial charge in [-0.2, -0.15) is 0 Å². The van der Waals surface area contributed by atoms with E-state index in [2.05, 4.69) is 92.6 Å². The van der Waals surface area contributed by atoms with E-state index in [-0.39, 0.29) is 36.2 Å². The Labute approximate surface area is 371 Å². The molecule has 4 atom stereocenters. The molecule has 4 unspecified atom stereocenters. The minimum atomic E-state index is -1.01. The molecule has 0 aliphatic carbocycles. The maximum absolute atomic E-state index is 14.1. The molecule has 8 rings (SSSR count). The SMILES string of the molecule is C=C1CC(c2ncc(-c3ccc4cc(-c5ccc(-c6cnc(C7CCCN7C(=O)C(NC(=O)OC)c7ccccc7OC)[nH]6)cc5)ccc4c3)[nH]2)N(C(=O)CC(C)CNC(=O)OC)C1. The number of benzene rings is 4. The first-order valence-electron chi connectivity index (χ1n) is 21.3. The number of carbonyl (C=O) groups excluding carboxylic acids is 4. The lowest BCUT2D eigenvalue weighted by Crippen LogP contribution is -2.43. The molecule has 2 fully saturated rings. The summed E-state index contributed by atoms with van der Waals surface area (Å²) >= 11 is 0. The summed E-state index contributed by atoms with van der Waals surface area (Å²) in [6, 6.07) is 26.6. The topological polar surface area (TPSA) is 184 Å². The summed E-state index contributed by atoms with van der Waals surface area (Å²) < 4.78 is 15.0. The molecule has 2 saturated heterocycles. The first-order chi connectivity index (χ1) is 31.0. The van der Waals surface area contributed by atoms with Crippen LogP contribution in [0.25, 0.3) is 44.4 Å². The summed E-state index contributed by atoms with van der Waals surface area (Å²) in [7, 11) is 4.11. The summed E-state index contributed by atoms with van der Waals surface area (Å²) in [6.45, 7) is 7.41. The number of aromatic nitrogens is 4. The van der Waals surface area contributed by atoms with Gasteiger partial charge in [0, 0.05) is 37.2 Å². The minimum Gasteiger partial charge on any atom is -0.496 e. The van der Waals surface area contributed by atoms with Gasteiger partial charge in [0.25, 0.3) is 5.91 Å². The second-order valence-electron chi connectivity index (χ2n) is 16.4. The van der Waals surface area contributed by atoms with E-state index in [9.17, 15) is 19.2 Å². The molecule has 15 nitrogen and oxygen atoms in total. The largest absolute Gasteiger partial charge is 0.496 e. The number of hydrogen-bond donors (Lipinski definition) is 4. The van der Waals surface area contributed by atoms with E-state index in [1.54, 1.807) is 29.3 Å². The van der Waals surface area contributed by atoms with Crippen molar-refractivity contribution >= 4 is 34.8 Å². The van der Waals surface area contributed by atoms with Crippen molar-refractivity contribution in [3.05, 3.63) is 127 Å². The predicted molar refractivity (Wildman–Crippen MR) is 242 cm³/mol. The zero-order valence-corrected chi connectivity index (χ0v) is 36.4. The zero-order valence-electron chi connectivity index (χ0n) is 36.4. The van der Waals surface area contributed by atoms with Crippen LogP contribution in [0.2, 0.25) is 0 Å². The van der Waals surface area contributed by atoms with Gasteiger partial charge in [-0.25, -0.2) is 19.6 Å². The van der Waals surface area contributed by atoms with Gasteiger partial charge in [0.05, 0.1) is 57.2 Å². The molecular formula is C49H52N8O7. The van der Waals surface area contributed by atoms with Gasteiger partial charge in [-0.15, -0.1) is 0 Å². The van der Waals surface area contributed by atoms with E-state index < -0.39 is 18.2 Å².